The molecule has 17 heavy (non-hydrogen) atoms. The quantitative estimate of drug-likeness (QED) is 0.763. The molecule has 2 aromatic rings. The Morgan fingerprint density at radius 2 is 1.35 bits per heavy atom. The normalized spacial score (nSPS) is 11.4. The predicted molar refractivity (Wildman–Crippen MR) is 73.1 cm³/mol. The minimum atomic E-state index is 0. The molecule has 0 aromatic heterocycles. The van der Waals surface area contributed by atoms with Crippen molar-refractivity contribution in [3.05, 3.63) is 71.8 Å². The molecule has 1 atom stereocenters. The topological polar surface area (TPSA) is 58.9 Å². The number of hydrogen-bond acceptors (Lipinski definition) is 2. The van der Waals surface area contributed by atoms with Crippen molar-refractivity contribution in [2.45, 2.75) is 12.8 Å². The maximum Gasteiger partial charge on any atom is 0.0458 e. The molecular formula is C15H18N2. The van der Waals surface area contributed by atoms with E-state index in [4.69, 9.17) is 5.41 Å². The maximum absolute atomic E-state index is 8.17. The van der Waals surface area contributed by atoms with Crippen LogP contribution in [0.25, 0.3) is 0 Å². The lowest BCUT2D eigenvalue weighted by molar-refractivity contribution is 1.01. The molecule has 0 aliphatic rings. The molecule has 0 saturated carbocycles. The number of benzene rings is 2. The molecule has 0 fully saturated rings. The van der Waals surface area contributed by atoms with Crippen molar-refractivity contribution < 1.29 is 0 Å². The molecule has 0 aliphatic heterocycles. The van der Waals surface area contributed by atoms with E-state index in [0.29, 0.717) is 5.71 Å². The van der Waals surface area contributed by atoms with E-state index < -0.39 is 0 Å². The molecular weight excluding hydrogens is 208 g/mol. The summed E-state index contributed by atoms with van der Waals surface area (Å²) in [6, 6.07) is 20.1. The van der Waals surface area contributed by atoms with Gasteiger partial charge in [0.05, 0.1) is 0 Å². The lowest BCUT2D eigenvalue weighted by Gasteiger charge is -2.13. The summed E-state index contributed by atoms with van der Waals surface area (Å²) in [6.45, 7) is 2.07. The molecule has 0 aliphatic carbocycles. The van der Waals surface area contributed by atoms with Crippen LogP contribution in [0.4, 0.5) is 0 Å². The molecule has 2 nitrogen and oxygen atoms in total. The van der Waals surface area contributed by atoms with Gasteiger partial charge < -0.3 is 11.6 Å². The first kappa shape index (κ1) is 13.1. The van der Waals surface area contributed by atoms with E-state index in [-0.39, 0.29) is 12.1 Å². The number of rotatable bonds is 3. The van der Waals surface area contributed by atoms with Crippen LogP contribution in [0.15, 0.2) is 60.7 Å². The van der Waals surface area contributed by atoms with Gasteiger partial charge in [-0.3, -0.25) is 0 Å². The van der Waals surface area contributed by atoms with Gasteiger partial charge in [0.2, 0.25) is 0 Å². The summed E-state index contributed by atoms with van der Waals surface area (Å²) in [5.74, 6) is 0.142. The van der Waals surface area contributed by atoms with Crippen LogP contribution in [0.3, 0.4) is 0 Å². The van der Waals surface area contributed by atoms with Gasteiger partial charge in [0.1, 0.15) is 0 Å². The van der Waals surface area contributed by atoms with Crippen LogP contribution in [-0.4, -0.2) is 5.71 Å². The molecule has 0 radical (unpaired) electrons. The highest BCUT2D eigenvalue weighted by atomic mass is 14.4. The largest absolute Gasteiger partial charge is 0.344 e. The summed E-state index contributed by atoms with van der Waals surface area (Å²) < 4.78 is 0. The standard InChI is InChI=1S/C15H15N.H3N/c1-12(13-8-4-2-5-9-13)15(16)14-10-6-3-7-11-14;/h2-12,16H,1H3;1H3. The molecule has 2 heteroatoms. The summed E-state index contributed by atoms with van der Waals surface area (Å²) in [7, 11) is 0. The summed E-state index contributed by atoms with van der Waals surface area (Å²) in [5, 5.41) is 8.17. The minimum absolute atomic E-state index is 0. The highest BCUT2D eigenvalue weighted by Crippen LogP contribution is 2.19. The zero-order chi connectivity index (χ0) is 11.4. The highest BCUT2D eigenvalue weighted by Gasteiger charge is 2.12. The van der Waals surface area contributed by atoms with Crippen molar-refractivity contribution in [3.63, 3.8) is 0 Å². The molecule has 0 spiro atoms. The lowest BCUT2D eigenvalue weighted by atomic mass is 9.92. The average Bonchev–Trinajstić information content (AvgIpc) is 2.39. The van der Waals surface area contributed by atoms with E-state index >= 15 is 0 Å². The van der Waals surface area contributed by atoms with E-state index in [0.717, 1.165) is 5.56 Å². The summed E-state index contributed by atoms with van der Waals surface area (Å²) in [5.41, 5.74) is 2.86. The first-order valence-electron chi connectivity index (χ1n) is 5.48. The Morgan fingerprint density at radius 3 is 1.88 bits per heavy atom. The van der Waals surface area contributed by atoms with Gasteiger partial charge in [-0.2, -0.15) is 0 Å². The van der Waals surface area contributed by atoms with Crippen molar-refractivity contribution in [1.29, 1.82) is 5.41 Å². The van der Waals surface area contributed by atoms with E-state index in [1.165, 1.54) is 5.56 Å². The molecule has 2 rings (SSSR count). The third kappa shape index (κ3) is 3.02. The van der Waals surface area contributed by atoms with Crippen LogP contribution in [0, 0.1) is 5.41 Å². The van der Waals surface area contributed by atoms with Gasteiger partial charge in [-0.1, -0.05) is 67.6 Å². The average molecular weight is 226 g/mol. The van der Waals surface area contributed by atoms with Crippen molar-refractivity contribution in [2.75, 3.05) is 0 Å². The second-order valence-electron chi connectivity index (χ2n) is 3.91. The zero-order valence-corrected chi connectivity index (χ0v) is 10.1. The van der Waals surface area contributed by atoms with Crippen LogP contribution < -0.4 is 6.15 Å². The fourth-order valence-electron chi connectivity index (χ4n) is 1.78. The van der Waals surface area contributed by atoms with E-state index in [2.05, 4.69) is 19.1 Å². The Hall–Kier alpha value is -1.93. The highest BCUT2D eigenvalue weighted by molar-refractivity contribution is 6.02. The van der Waals surface area contributed by atoms with Crippen molar-refractivity contribution in [3.8, 4) is 0 Å². The molecule has 0 saturated heterocycles. The molecule has 0 heterocycles. The van der Waals surface area contributed by atoms with Gasteiger partial charge in [-0.15, -0.1) is 0 Å². The Labute approximate surface area is 102 Å². The third-order valence-corrected chi connectivity index (χ3v) is 2.82. The summed E-state index contributed by atoms with van der Waals surface area (Å²) in [4.78, 5) is 0. The Bertz CT molecular complexity index is 463. The van der Waals surface area contributed by atoms with Crippen LogP contribution in [0.5, 0.6) is 0 Å². The van der Waals surface area contributed by atoms with Gasteiger partial charge in [-0.05, 0) is 11.1 Å². The first-order chi connectivity index (χ1) is 7.79. The van der Waals surface area contributed by atoms with Crippen LogP contribution >= 0.6 is 0 Å². The van der Waals surface area contributed by atoms with Crippen molar-refractivity contribution in [2.24, 2.45) is 0 Å². The maximum atomic E-state index is 8.17. The van der Waals surface area contributed by atoms with Crippen molar-refractivity contribution in [1.82, 2.24) is 6.15 Å². The fraction of sp³-hybridized carbons (Fsp3) is 0.133. The molecule has 88 valence electrons. The van der Waals surface area contributed by atoms with Crippen LogP contribution in [0.2, 0.25) is 0 Å². The van der Waals surface area contributed by atoms with Gasteiger partial charge >= 0.3 is 0 Å². The van der Waals surface area contributed by atoms with Gasteiger partial charge in [0.25, 0.3) is 0 Å². The lowest BCUT2D eigenvalue weighted by Crippen LogP contribution is -2.09. The second-order valence-corrected chi connectivity index (χ2v) is 3.91. The van der Waals surface area contributed by atoms with Gasteiger partial charge in [-0.25, -0.2) is 0 Å². The van der Waals surface area contributed by atoms with Crippen LogP contribution in [0.1, 0.15) is 24.0 Å². The Balaban J connectivity index is 0.00000144. The first-order valence-corrected chi connectivity index (χ1v) is 5.48. The smallest absolute Gasteiger partial charge is 0.0458 e. The van der Waals surface area contributed by atoms with Gasteiger partial charge in [0, 0.05) is 11.6 Å². The molecule has 0 amide bonds. The summed E-state index contributed by atoms with van der Waals surface area (Å²) in [6.07, 6.45) is 0. The molecule has 0 bridgehead atoms. The molecule has 4 N–H and O–H groups in total. The van der Waals surface area contributed by atoms with E-state index in [9.17, 15) is 0 Å². The molecule has 1 unspecified atom stereocenters. The zero-order valence-electron chi connectivity index (χ0n) is 10.1. The Morgan fingerprint density at radius 1 is 0.882 bits per heavy atom. The minimum Gasteiger partial charge on any atom is -0.344 e. The monoisotopic (exact) mass is 226 g/mol. The third-order valence-electron chi connectivity index (χ3n) is 2.82. The summed E-state index contributed by atoms with van der Waals surface area (Å²) >= 11 is 0. The van der Waals surface area contributed by atoms with Crippen molar-refractivity contribution >= 4 is 5.71 Å². The number of nitrogens with one attached hydrogen (secondary N) is 1. The van der Waals surface area contributed by atoms with Crippen LogP contribution in [-0.2, 0) is 0 Å². The molecule has 2 aromatic carbocycles. The van der Waals surface area contributed by atoms with Gasteiger partial charge in [0.15, 0.2) is 0 Å². The number of hydrogen-bond donors (Lipinski definition) is 2. The van der Waals surface area contributed by atoms with E-state index in [1.54, 1.807) is 0 Å². The Kier molecular flexibility index (Phi) is 4.61. The van der Waals surface area contributed by atoms with E-state index in [1.807, 2.05) is 48.5 Å². The SMILES string of the molecule is CC(C(=N)c1ccccc1)c1ccccc1.N. The second kappa shape index (κ2) is 5.97. The fourth-order valence-corrected chi connectivity index (χ4v) is 1.78. The predicted octanol–water partition coefficient (Wildman–Crippen LogP) is 4.02.